The van der Waals surface area contributed by atoms with Crippen molar-refractivity contribution in [1.82, 2.24) is 9.71 Å². The Balaban J connectivity index is 1.36. The number of rotatable bonds is 12. The molecule has 0 radical (unpaired) electrons. The molecule has 3 rings (SSSR count). The number of ether oxygens (including phenoxy) is 1. The normalized spacial score (nSPS) is 11.3. The summed E-state index contributed by atoms with van der Waals surface area (Å²) in [7, 11) is -1.99. The number of methoxy groups -OCH3 is 1. The van der Waals surface area contributed by atoms with Gasteiger partial charge in [-0.25, -0.2) is 18.1 Å². The highest BCUT2D eigenvalue weighted by molar-refractivity contribution is 7.89. The lowest BCUT2D eigenvalue weighted by Gasteiger charge is -2.08. The Hall–Kier alpha value is -2.46. The third kappa shape index (κ3) is 6.52. The monoisotopic (exact) mass is 493 g/mol. The highest BCUT2D eigenvalue weighted by atomic mass is 35.5. The molecular weight excluding hydrogens is 470 g/mol. The number of unbranched alkanes of at least 4 members (excludes halogenated alkanes) is 2. The molecule has 0 aliphatic rings. The number of ketones is 1. The van der Waals surface area contributed by atoms with Gasteiger partial charge in [-0.1, -0.05) is 41.5 Å². The Kier molecular flexibility index (Phi) is 8.63. The number of nitrogens with one attached hydrogen (secondary N) is 2. The molecule has 0 spiro atoms. The maximum absolute atomic E-state index is 12.5. The standard InChI is InChI=1S/C22H24ClN3O4S2/c1-30-16-9-11-17(12-10-16)32(28,29)26-14-6-2-5-13-24-22-25-15-20(31-22)21(27)18-7-3-4-8-19(18)23/h3-4,7-12,15,26H,2,5-6,13-14H2,1H3,(H,24,25). The molecule has 0 atom stereocenters. The average Bonchev–Trinajstić information content (AvgIpc) is 3.27. The summed E-state index contributed by atoms with van der Waals surface area (Å²) in [6.07, 6.45) is 3.95. The van der Waals surface area contributed by atoms with Crippen LogP contribution < -0.4 is 14.8 Å². The summed E-state index contributed by atoms with van der Waals surface area (Å²) >= 11 is 7.38. The first-order chi connectivity index (χ1) is 15.4. The van der Waals surface area contributed by atoms with E-state index in [0.29, 0.717) is 45.9 Å². The number of carbonyl (C=O) groups excluding carboxylic acids is 1. The largest absolute Gasteiger partial charge is 0.497 e. The van der Waals surface area contributed by atoms with Gasteiger partial charge >= 0.3 is 0 Å². The van der Waals surface area contributed by atoms with E-state index in [9.17, 15) is 13.2 Å². The summed E-state index contributed by atoms with van der Waals surface area (Å²) in [4.78, 5) is 17.5. The molecule has 2 N–H and O–H groups in total. The Labute approximate surface area is 196 Å². The van der Waals surface area contributed by atoms with Gasteiger partial charge in [-0.05, 0) is 49.2 Å². The molecule has 3 aromatic rings. The highest BCUT2D eigenvalue weighted by Crippen LogP contribution is 2.24. The van der Waals surface area contributed by atoms with Crippen LogP contribution in [-0.4, -0.2) is 39.4 Å². The van der Waals surface area contributed by atoms with Crippen molar-refractivity contribution in [3.05, 3.63) is 70.2 Å². The van der Waals surface area contributed by atoms with Crippen molar-refractivity contribution in [2.24, 2.45) is 0 Å². The number of hydrogen-bond donors (Lipinski definition) is 2. The van der Waals surface area contributed by atoms with Crippen LogP contribution in [0.5, 0.6) is 5.75 Å². The molecule has 1 heterocycles. The minimum Gasteiger partial charge on any atom is -0.497 e. The summed E-state index contributed by atoms with van der Waals surface area (Å²) in [5.74, 6) is 0.460. The van der Waals surface area contributed by atoms with Crippen molar-refractivity contribution >= 4 is 43.9 Å². The summed E-state index contributed by atoms with van der Waals surface area (Å²) < 4.78 is 32.2. The number of carbonyl (C=O) groups is 1. The van der Waals surface area contributed by atoms with E-state index in [0.717, 1.165) is 12.8 Å². The summed E-state index contributed by atoms with van der Waals surface area (Å²) in [5.41, 5.74) is 0.460. The van der Waals surface area contributed by atoms with Crippen LogP contribution in [-0.2, 0) is 10.0 Å². The van der Waals surface area contributed by atoms with E-state index < -0.39 is 10.0 Å². The molecule has 2 aromatic carbocycles. The van der Waals surface area contributed by atoms with Crippen molar-refractivity contribution in [2.45, 2.75) is 24.2 Å². The number of nitrogens with zero attached hydrogens (tertiary/aromatic N) is 1. The van der Waals surface area contributed by atoms with Crippen molar-refractivity contribution in [3.8, 4) is 5.75 Å². The first kappa shape index (κ1) is 24.2. The Morgan fingerprint density at radius 2 is 1.78 bits per heavy atom. The maximum Gasteiger partial charge on any atom is 0.240 e. The molecule has 0 saturated carbocycles. The van der Waals surface area contributed by atoms with E-state index in [2.05, 4.69) is 15.0 Å². The van der Waals surface area contributed by atoms with E-state index >= 15 is 0 Å². The zero-order chi connectivity index (χ0) is 23.0. The van der Waals surface area contributed by atoms with Crippen molar-refractivity contribution in [1.29, 1.82) is 0 Å². The van der Waals surface area contributed by atoms with Gasteiger partial charge in [0, 0.05) is 18.7 Å². The second-order valence-corrected chi connectivity index (χ2v) is 10.1. The highest BCUT2D eigenvalue weighted by Gasteiger charge is 2.16. The van der Waals surface area contributed by atoms with Crippen LogP contribution in [0.1, 0.15) is 34.5 Å². The topological polar surface area (TPSA) is 97.4 Å². The first-order valence-electron chi connectivity index (χ1n) is 10.0. The van der Waals surface area contributed by atoms with E-state index in [1.54, 1.807) is 42.6 Å². The van der Waals surface area contributed by atoms with Crippen molar-refractivity contribution in [3.63, 3.8) is 0 Å². The van der Waals surface area contributed by atoms with Gasteiger partial charge < -0.3 is 10.1 Å². The van der Waals surface area contributed by atoms with Crippen molar-refractivity contribution < 1.29 is 17.9 Å². The van der Waals surface area contributed by atoms with E-state index in [-0.39, 0.29) is 10.7 Å². The number of halogens is 1. The maximum atomic E-state index is 12.5. The molecule has 0 aliphatic heterocycles. The van der Waals surface area contributed by atoms with Gasteiger partial charge in [-0.15, -0.1) is 0 Å². The number of thiazole rings is 1. The molecule has 1 aromatic heterocycles. The molecule has 32 heavy (non-hydrogen) atoms. The Morgan fingerprint density at radius 1 is 1.06 bits per heavy atom. The third-order valence-electron chi connectivity index (χ3n) is 4.64. The second kappa shape index (κ2) is 11.4. The number of hydrogen-bond acceptors (Lipinski definition) is 7. The van der Waals surface area contributed by atoms with Crippen LogP contribution in [0.3, 0.4) is 0 Å². The minimum absolute atomic E-state index is 0.148. The van der Waals surface area contributed by atoms with Crippen LogP contribution in [0, 0.1) is 0 Å². The molecule has 0 fully saturated rings. The van der Waals surface area contributed by atoms with E-state index in [4.69, 9.17) is 16.3 Å². The van der Waals surface area contributed by atoms with E-state index in [1.165, 1.54) is 30.6 Å². The van der Waals surface area contributed by atoms with Gasteiger partial charge in [0.05, 0.1) is 28.1 Å². The van der Waals surface area contributed by atoms with Crippen LogP contribution in [0.15, 0.2) is 59.6 Å². The molecule has 7 nitrogen and oxygen atoms in total. The number of aromatic nitrogens is 1. The Morgan fingerprint density at radius 3 is 2.50 bits per heavy atom. The molecule has 0 aliphatic carbocycles. The molecule has 0 saturated heterocycles. The van der Waals surface area contributed by atoms with Crippen LogP contribution in [0.25, 0.3) is 0 Å². The second-order valence-electron chi connectivity index (χ2n) is 6.90. The SMILES string of the molecule is COc1ccc(S(=O)(=O)NCCCCCNc2ncc(C(=O)c3ccccc3Cl)s2)cc1. The van der Waals surface area contributed by atoms with Crippen molar-refractivity contribution in [2.75, 3.05) is 25.5 Å². The molecule has 0 unspecified atom stereocenters. The third-order valence-corrected chi connectivity index (χ3v) is 7.40. The zero-order valence-corrected chi connectivity index (χ0v) is 19.9. The van der Waals surface area contributed by atoms with Gasteiger partial charge in [0.1, 0.15) is 5.75 Å². The fraction of sp³-hybridized carbons (Fsp3) is 0.273. The minimum atomic E-state index is -3.52. The summed E-state index contributed by atoms with van der Waals surface area (Å²) in [6, 6.07) is 13.2. The van der Waals surface area contributed by atoms with E-state index in [1.807, 2.05) is 0 Å². The average molecular weight is 494 g/mol. The lowest BCUT2D eigenvalue weighted by molar-refractivity contribution is 0.104. The molecular formula is C22H24ClN3O4S2. The van der Waals surface area contributed by atoms with Gasteiger partial charge in [0.2, 0.25) is 15.8 Å². The zero-order valence-electron chi connectivity index (χ0n) is 17.5. The lowest BCUT2D eigenvalue weighted by atomic mass is 10.1. The number of sulfonamides is 1. The van der Waals surface area contributed by atoms with Crippen LogP contribution in [0.2, 0.25) is 5.02 Å². The fourth-order valence-electron chi connectivity index (χ4n) is 2.91. The van der Waals surface area contributed by atoms with Gasteiger partial charge in [-0.2, -0.15) is 0 Å². The quantitative estimate of drug-likeness (QED) is 0.283. The van der Waals surface area contributed by atoms with Gasteiger partial charge in [-0.3, -0.25) is 4.79 Å². The van der Waals surface area contributed by atoms with Gasteiger partial charge in [0.15, 0.2) is 5.13 Å². The summed E-state index contributed by atoms with van der Waals surface area (Å²) in [5, 5.41) is 4.29. The number of benzene rings is 2. The molecule has 0 amide bonds. The van der Waals surface area contributed by atoms with Crippen LogP contribution in [0.4, 0.5) is 5.13 Å². The molecule has 0 bridgehead atoms. The first-order valence-corrected chi connectivity index (χ1v) is 12.7. The molecule has 170 valence electrons. The fourth-order valence-corrected chi connectivity index (χ4v) is 5.00. The predicted octanol–water partition coefficient (Wildman–Crippen LogP) is 4.60. The molecule has 10 heteroatoms. The smallest absolute Gasteiger partial charge is 0.240 e. The van der Waals surface area contributed by atoms with Crippen LogP contribution >= 0.6 is 22.9 Å². The Bertz CT molecular complexity index is 1150. The van der Waals surface area contributed by atoms with Gasteiger partial charge in [0.25, 0.3) is 0 Å². The summed E-state index contributed by atoms with van der Waals surface area (Å²) in [6.45, 7) is 1.04. The predicted molar refractivity (Wildman–Crippen MR) is 128 cm³/mol. The lowest BCUT2D eigenvalue weighted by Crippen LogP contribution is -2.24. The number of anilines is 1.